The van der Waals surface area contributed by atoms with Crippen molar-refractivity contribution in [1.82, 2.24) is 0 Å². The van der Waals surface area contributed by atoms with Gasteiger partial charge in [-0.05, 0) is 35.0 Å². The van der Waals surface area contributed by atoms with Crippen LogP contribution in [-0.2, 0) is 4.74 Å². The molecular weight excluding hydrogens is 248 g/mol. The Balaban J connectivity index is 2.83. The molecular formula is C18H36O2. The highest BCUT2D eigenvalue weighted by Gasteiger charge is 2.45. The summed E-state index contributed by atoms with van der Waals surface area (Å²) >= 11 is 0. The number of hydrogen-bond donors (Lipinski definition) is 1. The van der Waals surface area contributed by atoms with E-state index in [1.54, 1.807) is 0 Å². The number of ether oxygens (including phenoxy) is 1. The first-order chi connectivity index (χ1) is 8.84. The third kappa shape index (κ3) is 4.73. The lowest BCUT2D eigenvalue weighted by Crippen LogP contribution is -2.47. The molecule has 2 heteroatoms. The number of aliphatic hydroxyl groups is 1. The third-order valence-electron chi connectivity index (χ3n) is 4.61. The first-order valence-electron chi connectivity index (χ1n) is 8.14. The van der Waals surface area contributed by atoms with Crippen molar-refractivity contribution in [2.24, 2.45) is 22.2 Å². The summed E-state index contributed by atoms with van der Waals surface area (Å²) in [4.78, 5) is 0. The van der Waals surface area contributed by atoms with E-state index in [1.807, 2.05) is 0 Å². The zero-order chi connectivity index (χ0) is 15.8. The maximum absolute atomic E-state index is 11.0. The van der Waals surface area contributed by atoms with Crippen molar-refractivity contribution >= 4 is 0 Å². The molecule has 1 aliphatic carbocycles. The molecule has 1 N–H and O–H groups in total. The molecule has 0 amide bonds. The Morgan fingerprint density at radius 1 is 1.15 bits per heavy atom. The number of hydrogen-bond acceptors (Lipinski definition) is 2. The lowest BCUT2D eigenvalue weighted by Gasteiger charge is -2.42. The summed E-state index contributed by atoms with van der Waals surface area (Å²) in [6, 6.07) is 0. The average molecular weight is 284 g/mol. The Labute approximate surface area is 126 Å². The summed E-state index contributed by atoms with van der Waals surface area (Å²) in [6.45, 7) is 18.3. The molecule has 0 aromatic carbocycles. The molecule has 0 saturated heterocycles. The molecule has 0 heterocycles. The van der Waals surface area contributed by atoms with Crippen LogP contribution in [-0.4, -0.2) is 23.9 Å². The highest BCUT2D eigenvalue weighted by atomic mass is 16.5. The van der Waals surface area contributed by atoms with Gasteiger partial charge in [0.1, 0.15) is 0 Å². The lowest BCUT2D eigenvalue weighted by molar-refractivity contribution is -0.136. The molecule has 0 aromatic heterocycles. The van der Waals surface area contributed by atoms with Crippen molar-refractivity contribution in [1.29, 1.82) is 0 Å². The van der Waals surface area contributed by atoms with Crippen LogP contribution in [0.25, 0.3) is 0 Å². The summed E-state index contributed by atoms with van der Waals surface area (Å²) in [5, 5.41) is 11.0. The van der Waals surface area contributed by atoms with E-state index in [0.717, 1.165) is 6.42 Å². The second-order valence-electron chi connectivity index (χ2n) is 9.64. The first-order valence-corrected chi connectivity index (χ1v) is 8.14. The van der Waals surface area contributed by atoms with Gasteiger partial charge in [0.05, 0.1) is 18.8 Å². The van der Waals surface area contributed by atoms with E-state index in [9.17, 15) is 5.11 Å². The van der Waals surface area contributed by atoms with Crippen LogP contribution in [0.2, 0.25) is 0 Å². The fraction of sp³-hybridized carbons (Fsp3) is 1.00. The van der Waals surface area contributed by atoms with Crippen molar-refractivity contribution in [3.63, 3.8) is 0 Å². The topological polar surface area (TPSA) is 29.5 Å². The summed E-state index contributed by atoms with van der Waals surface area (Å²) < 4.78 is 6.19. The molecule has 1 saturated carbocycles. The van der Waals surface area contributed by atoms with Gasteiger partial charge in [0.25, 0.3) is 0 Å². The standard InChI is InChI=1S/C18H36O2/c1-16(2,3)12-20-15(17(4,5)6)14(19)13-10-9-11-18(13,7)8/h13-15,19H,9-12H2,1-8H3. The van der Waals surface area contributed by atoms with E-state index >= 15 is 0 Å². The molecule has 3 atom stereocenters. The Hall–Kier alpha value is -0.0800. The second-order valence-corrected chi connectivity index (χ2v) is 9.64. The lowest BCUT2D eigenvalue weighted by atomic mass is 9.72. The predicted molar refractivity (Wildman–Crippen MR) is 85.8 cm³/mol. The average Bonchev–Trinajstić information content (AvgIpc) is 2.53. The Bertz CT molecular complexity index is 306. The van der Waals surface area contributed by atoms with Crippen LogP contribution < -0.4 is 0 Å². The minimum Gasteiger partial charge on any atom is -0.390 e. The van der Waals surface area contributed by atoms with Crippen LogP contribution in [0.3, 0.4) is 0 Å². The molecule has 0 aliphatic heterocycles. The van der Waals surface area contributed by atoms with E-state index in [1.165, 1.54) is 12.8 Å². The minimum absolute atomic E-state index is 0.0384. The zero-order valence-electron chi connectivity index (χ0n) is 14.9. The Morgan fingerprint density at radius 2 is 1.70 bits per heavy atom. The van der Waals surface area contributed by atoms with Gasteiger partial charge in [-0.25, -0.2) is 0 Å². The van der Waals surface area contributed by atoms with Crippen LogP contribution in [0.4, 0.5) is 0 Å². The smallest absolute Gasteiger partial charge is 0.0885 e. The molecule has 0 aromatic rings. The summed E-state index contributed by atoms with van der Waals surface area (Å²) in [5.41, 5.74) is 0.325. The van der Waals surface area contributed by atoms with Gasteiger partial charge in [-0.3, -0.25) is 0 Å². The summed E-state index contributed by atoms with van der Waals surface area (Å²) in [6.07, 6.45) is 3.11. The maximum atomic E-state index is 11.0. The van der Waals surface area contributed by atoms with Crippen molar-refractivity contribution in [3.8, 4) is 0 Å². The molecule has 0 bridgehead atoms. The fourth-order valence-corrected chi connectivity index (χ4v) is 3.40. The molecule has 20 heavy (non-hydrogen) atoms. The van der Waals surface area contributed by atoms with Crippen LogP contribution in [0.1, 0.15) is 74.7 Å². The highest BCUT2D eigenvalue weighted by Crippen LogP contribution is 2.47. The van der Waals surface area contributed by atoms with Gasteiger partial charge in [-0.1, -0.05) is 61.8 Å². The molecule has 0 spiro atoms. The normalized spacial score (nSPS) is 26.6. The third-order valence-corrected chi connectivity index (χ3v) is 4.61. The summed E-state index contributed by atoms with van der Waals surface area (Å²) in [7, 11) is 0. The van der Waals surface area contributed by atoms with Gasteiger partial charge < -0.3 is 9.84 Å². The van der Waals surface area contributed by atoms with E-state index in [0.29, 0.717) is 12.5 Å². The van der Waals surface area contributed by atoms with Crippen LogP contribution >= 0.6 is 0 Å². The largest absolute Gasteiger partial charge is 0.390 e. The molecule has 2 nitrogen and oxygen atoms in total. The van der Waals surface area contributed by atoms with E-state index in [4.69, 9.17) is 4.74 Å². The molecule has 1 rings (SSSR count). The SMILES string of the molecule is CC(C)(C)COC(C(O)C1CCCC1(C)C)C(C)(C)C. The van der Waals surface area contributed by atoms with Gasteiger partial charge >= 0.3 is 0 Å². The van der Waals surface area contributed by atoms with Crippen LogP contribution in [0.5, 0.6) is 0 Å². The Kier molecular flexibility index (Phi) is 5.36. The number of aliphatic hydroxyl groups excluding tert-OH is 1. The molecule has 0 radical (unpaired) electrons. The van der Waals surface area contributed by atoms with Crippen LogP contribution in [0.15, 0.2) is 0 Å². The number of rotatable bonds is 4. The quantitative estimate of drug-likeness (QED) is 0.814. The highest BCUT2D eigenvalue weighted by molar-refractivity contribution is 4.95. The van der Waals surface area contributed by atoms with Gasteiger partial charge in [-0.15, -0.1) is 0 Å². The van der Waals surface area contributed by atoms with Crippen molar-refractivity contribution in [2.75, 3.05) is 6.61 Å². The first kappa shape index (κ1) is 18.0. The van der Waals surface area contributed by atoms with Gasteiger partial charge in [0, 0.05) is 0 Å². The maximum Gasteiger partial charge on any atom is 0.0885 e. The second kappa shape index (κ2) is 5.96. The molecule has 1 aliphatic rings. The van der Waals surface area contributed by atoms with E-state index in [-0.39, 0.29) is 28.5 Å². The minimum atomic E-state index is -0.366. The zero-order valence-corrected chi connectivity index (χ0v) is 14.9. The van der Waals surface area contributed by atoms with Gasteiger partial charge in [0.15, 0.2) is 0 Å². The predicted octanol–water partition coefficient (Wildman–Crippen LogP) is 4.65. The van der Waals surface area contributed by atoms with Gasteiger partial charge in [0.2, 0.25) is 0 Å². The van der Waals surface area contributed by atoms with Crippen molar-refractivity contribution < 1.29 is 9.84 Å². The van der Waals surface area contributed by atoms with E-state index < -0.39 is 0 Å². The monoisotopic (exact) mass is 284 g/mol. The Morgan fingerprint density at radius 3 is 2.05 bits per heavy atom. The van der Waals surface area contributed by atoms with Crippen molar-refractivity contribution in [3.05, 3.63) is 0 Å². The molecule has 120 valence electrons. The van der Waals surface area contributed by atoms with E-state index in [2.05, 4.69) is 55.4 Å². The summed E-state index contributed by atoms with van der Waals surface area (Å²) in [5.74, 6) is 0.353. The van der Waals surface area contributed by atoms with Crippen molar-refractivity contribution in [2.45, 2.75) is 86.9 Å². The molecule has 1 fully saturated rings. The fourth-order valence-electron chi connectivity index (χ4n) is 3.40. The van der Waals surface area contributed by atoms with Gasteiger partial charge in [-0.2, -0.15) is 0 Å². The molecule has 3 unspecified atom stereocenters. The van der Waals surface area contributed by atoms with Crippen LogP contribution in [0, 0.1) is 22.2 Å².